The molecule has 1 aromatic heterocycles. The van der Waals surface area contributed by atoms with Crippen LogP contribution in [0.3, 0.4) is 0 Å². The molecule has 1 heterocycles. The summed E-state index contributed by atoms with van der Waals surface area (Å²) < 4.78 is 12.1. The highest BCUT2D eigenvalue weighted by molar-refractivity contribution is 7.51. The molecule has 0 saturated heterocycles. The summed E-state index contributed by atoms with van der Waals surface area (Å²) in [5, 5.41) is 17.4. The average Bonchev–Trinajstić information content (AvgIpc) is 2.89. The summed E-state index contributed by atoms with van der Waals surface area (Å²) in [5.74, 6) is -0.871. The number of rotatable bonds is 5. The molecule has 0 radical (unpaired) electrons. The number of aromatic nitrogens is 3. The van der Waals surface area contributed by atoms with E-state index in [1.807, 2.05) is 0 Å². The van der Waals surface area contributed by atoms with Crippen molar-refractivity contribution < 1.29 is 24.3 Å². The molecule has 2 rings (SSSR count). The summed E-state index contributed by atoms with van der Waals surface area (Å²) in [6, 6.07) is -0.479. The second-order valence-corrected chi connectivity index (χ2v) is 7.06. The van der Waals surface area contributed by atoms with Crippen LogP contribution in [0.1, 0.15) is 35.8 Å². The summed E-state index contributed by atoms with van der Waals surface area (Å²) >= 11 is 0. The second kappa shape index (κ2) is 5.72. The van der Waals surface area contributed by atoms with Crippen LogP contribution >= 0.6 is 7.60 Å². The van der Waals surface area contributed by atoms with Crippen LogP contribution in [-0.4, -0.2) is 48.1 Å². The predicted molar refractivity (Wildman–Crippen MR) is 72.2 cm³/mol. The van der Waals surface area contributed by atoms with Gasteiger partial charge in [-0.15, -0.1) is 5.10 Å². The maximum atomic E-state index is 11.1. The van der Waals surface area contributed by atoms with E-state index in [0.717, 1.165) is 0 Å². The zero-order valence-corrected chi connectivity index (χ0v) is 12.1. The van der Waals surface area contributed by atoms with E-state index in [0.29, 0.717) is 19.3 Å². The molecule has 1 saturated carbocycles. The number of carbonyl (C=O) groups is 1. The molecule has 0 bridgehead atoms. The maximum absolute atomic E-state index is 11.1. The Morgan fingerprint density at radius 2 is 2.10 bits per heavy atom. The second-order valence-electron chi connectivity index (χ2n) is 5.28. The van der Waals surface area contributed by atoms with E-state index in [9.17, 15) is 14.5 Å². The number of aliphatic hydroxyl groups is 1. The van der Waals surface area contributed by atoms with E-state index in [-0.39, 0.29) is 23.6 Å². The summed E-state index contributed by atoms with van der Waals surface area (Å²) in [7, 11) is -4.05. The van der Waals surface area contributed by atoms with Crippen LogP contribution in [0.4, 0.5) is 5.82 Å². The Morgan fingerprint density at radius 3 is 2.62 bits per heavy atom. The molecule has 21 heavy (non-hydrogen) atoms. The van der Waals surface area contributed by atoms with Crippen LogP contribution in [0.15, 0.2) is 0 Å². The molecule has 3 atom stereocenters. The Kier molecular flexibility index (Phi) is 4.33. The third-order valence-corrected chi connectivity index (χ3v) is 4.54. The van der Waals surface area contributed by atoms with Crippen molar-refractivity contribution >= 4 is 19.3 Å². The number of primary amides is 1. The number of hydrogen-bond acceptors (Lipinski definition) is 6. The SMILES string of the molecule is NC(=O)c1nnn([C@@H]2C[C@H](CCP(=O)(O)O)C[C@H]2O)c1N. The predicted octanol–water partition coefficient (Wildman–Crippen LogP) is -1.16. The van der Waals surface area contributed by atoms with E-state index in [4.69, 9.17) is 21.3 Å². The van der Waals surface area contributed by atoms with Crippen molar-refractivity contribution in [3.8, 4) is 0 Å². The van der Waals surface area contributed by atoms with Crippen LogP contribution in [0.25, 0.3) is 0 Å². The van der Waals surface area contributed by atoms with Crippen molar-refractivity contribution in [2.24, 2.45) is 11.7 Å². The Labute approximate surface area is 120 Å². The summed E-state index contributed by atoms with van der Waals surface area (Å²) in [4.78, 5) is 28.9. The van der Waals surface area contributed by atoms with Gasteiger partial charge >= 0.3 is 7.60 Å². The van der Waals surface area contributed by atoms with Gasteiger partial charge in [0.1, 0.15) is 0 Å². The first kappa shape index (κ1) is 15.9. The number of amides is 1. The summed E-state index contributed by atoms with van der Waals surface area (Å²) in [6.45, 7) is 0. The largest absolute Gasteiger partial charge is 0.391 e. The molecule has 10 nitrogen and oxygen atoms in total. The number of nitrogens with two attached hydrogens (primary N) is 2. The minimum absolute atomic E-state index is 0.0119. The topological polar surface area (TPSA) is 178 Å². The smallest absolute Gasteiger partial charge is 0.325 e. The van der Waals surface area contributed by atoms with Gasteiger partial charge in [0.15, 0.2) is 11.5 Å². The Balaban J connectivity index is 2.08. The average molecular weight is 319 g/mol. The highest BCUT2D eigenvalue weighted by Gasteiger charge is 2.37. The zero-order valence-electron chi connectivity index (χ0n) is 11.2. The first-order chi connectivity index (χ1) is 9.69. The fourth-order valence-corrected chi connectivity index (χ4v) is 3.37. The van der Waals surface area contributed by atoms with Crippen LogP contribution in [0, 0.1) is 5.92 Å². The molecule has 0 unspecified atom stereocenters. The maximum Gasteiger partial charge on any atom is 0.325 e. The minimum atomic E-state index is -4.05. The van der Waals surface area contributed by atoms with Crippen molar-refractivity contribution in [2.75, 3.05) is 11.9 Å². The molecule has 11 heteroatoms. The normalized spacial score (nSPS) is 26.1. The van der Waals surface area contributed by atoms with Crippen molar-refractivity contribution in [3.05, 3.63) is 5.69 Å². The number of carbonyl (C=O) groups excluding carboxylic acids is 1. The number of nitrogens with zero attached hydrogens (tertiary/aromatic N) is 3. The van der Waals surface area contributed by atoms with Gasteiger partial charge in [-0.3, -0.25) is 9.36 Å². The fourth-order valence-electron chi connectivity index (χ4n) is 2.66. The zero-order chi connectivity index (χ0) is 15.8. The van der Waals surface area contributed by atoms with Crippen molar-refractivity contribution in [2.45, 2.75) is 31.4 Å². The molecule has 7 N–H and O–H groups in total. The van der Waals surface area contributed by atoms with Crippen LogP contribution in [0.2, 0.25) is 0 Å². The van der Waals surface area contributed by atoms with E-state index in [2.05, 4.69) is 10.3 Å². The molecule has 1 aromatic rings. The van der Waals surface area contributed by atoms with Crippen LogP contribution < -0.4 is 11.5 Å². The fraction of sp³-hybridized carbons (Fsp3) is 0.700. The first-order valence-corrected chi connectivity index (χ1v) is 8.22. The first-order valence-electron chi connectivity index (χ1n) is 6.42. The van der Waals surface area contributed by atoms with Gasteiger partial charge in [0.2, 0.25) is 0 Å². The molecule has 118 valence electrons. The lowest BCUT2D eigenvalue weighted by molar-refractivity contribution is 0.0996. The molecular weight excluding hydrogens is 301 g/mol. The van der Waals surface area contributed by atoms with Crippen LogP contribution in [0.5, 0.6) is 0 Å². The lowest BCUT2D eigenvalue weighted by Gasteiger charge is -2.15. The quantitative estimate of drug-likeness (QED) is 0.422. The van der Waals surface area contributed by atoms with E-state index in [1.54, 1.807) is 0 Å². The Hall–Kier alpha value is -1.48. The third kappa shape index (κ3) is 3.59. The van der Waals surface area contributed by atoms with Crippen molar-refractivity contribution in [1.82, 2.24) is 15.0 Å². The highest BCUT2D eigenvalue weighted by Crippen LogP contribution is 2.42. The Morgan fingerprint density at radius 1 is 1.43 bits per heavy atom. The van der Waals surface area contributed by atoms with E-state index in [1.165, 1.54) is 4.68 Å². The molecule has 1 aliphatic rings. The third-order valence-electron chi connectivity index (χ3n) is 3.70. The standard InChI is InChI=1S/C10H18N5O5P/c11-9-8(10(12)17)13-14-15(9)6-3-5(4-7(6)16)1-2-21(18,19)20/h5-7,16H,1-4,11H2,(H2,12,17)(H2,18,19,20)/t5-,6+,7+/m0/s1. The molecule has 1 amide bonds. The van der Waals surface area contributed by atoms with Gasteiger partial charge in [-0.1, -0.05) is 5.21 Å². The monoisotopic (exact) mass is 319 g/mol. The van der Waals surface area contributed by atoms with Gasteiger partial charge < -0.3 is 26.4 Å². The van der Waals surface area contributed by atoms with Gasteiger partial charge in [-0.05, 0) is 25.2 Å². The summed E-state index contributed by atoms with van der Waals surface area (Å²) in [5.41, 5.74) is 10.7. The van der Waals surface area contributed by atoms with Gasteiger partial charge in [-0.2, -0.15) is 0 Å². The molecule has 0 aliphatic heterocycles. The Bertz CT molecular complexity index is 584. The van der Waals surface area contributed by atoms with Crippen molar-refractivity contribution in [1.29, 1.82) is 0 Å². The van der Waals surface area contributed by atoms with Gasteiger partial charge in [0, 0.05) is 0 Å². The number of aliphatic hydroxyl groups excluding tert-OH is 1. The lowest BCUT2D eigenvalue weighted by atomic mass is 10.1. The molecular formula is C10H18N5O5P. The van der Waals surface area contributed by atoms with E-state index >= 15 is 0 Å². The van der Waals surface area contributed by atoms with Gasteiger partial charge in [-0.25, -0.2) is 4.68 Å². The van der Waals surface area contributed by atoms with E-state index < -0.39 is 25.6 Å². The van der Waals surface area contributed by atoms with Gasteiger partial charge in [0.25, 0.3) is 5.91 Å². The number of hydrogen-bond donors (Lipinski definition) is 5. The van der Waals surface area contributed by atoms with Crippen molar-refractivity contribution in [3.63, 3.8) is 0 Å². The molecule has 1 fully saturated rings. The number of anilines is 1. The van der Waals surface area contributed by atoms with Crippen LogP contribution in [-0.2, 0) is 4.57 Å². The molecule has 0 aromatic carbocycles. The summed E-state index contributed by atoms with van der Waals surface area (Å²) in [6.07, 6.45) is 0.144. The highest BCUT2D eigenvalue weighted by atomic mass is 31.2. The minimum Gasteiger partial charge on any atom is -0.391 e. The van der Waals surface area contributed by atoms with Gasteiger partial charge in [0.05, 0.1) is 18.3 Å². The number of nitrogen functional groups attached to an aromatic ring is 1. The molecule has 0 spiro atoms. The lowest BCUT2D eigenvalue weighted by Crippen LogP contribution is -2.22. The molecule has 1 aliphatic carbocycles.